The molecule has 0 saturated heterocycles. The van der Waals surface area contributed by atoms with Gasteiger partial charge in [0, 0.05) is 48.9 Å². The van der Waals surface area contributed by atoms with Crippen molar-refractivity contribution in [3.8, 4) is 22.4 Å². The molecule has 1 saturated carbocycles. The quantitative estimate of drug-likeness (QED) is 0.500. The smallest absolute Gasteiger partial charge is 0.162 e. The van der Waals surface area contributed by atoms with Crippen LogP contribution in [0.25, 0.3) is 28.0 Å². The van der Waals surface area contributed by atoms with Crippen LogP contribution in [0.5, 0.6) is 0 Å². The fourth-order valence-corrected chi connectivity index (χ4v) is 3.66. The van der Waals surface area contributed by atoms with Crippen molar-refractivity contribution >= 4 is 5.65 Å². The van der Waals surface area contributed by atoms with E-state index < -0.39 is 0 Å². The van der Waals surface area contributed by atoms with E-state index in [4.69, 9.17) is 9.72 Å². The summed E-state index contributed by atoms with van der Waals surface area (Å²) in [6.07, 6.45) is 11.8. The predicted octanol–water partition coefficient (Wildman–Crippen LogP) is 3.96. The van der Waals surface area contributed by atoms with Gasteiger partial charge in [0.15, 0.2) is 5.65 Å². The Morgan fingerprint density at radius 2 is 1.86 bits per heavy atom. The summed E-state index contributed by atoms with van der Waals surface area (Å²) in [7, 11) is 1.73. The maximum absolute atomic E-state index is 5.55. The first-order valence-corrected chi connectivity index (χ1v) is 9.92. The number of imidazole rings is 1. The van der Waals surface area contributed by atoms with Crippen LogP contribution in [0.1, 0.15) is 38.3 Å². The number of methoxy groups -OCH3 is 1. The molecule has 0 aromatic carbocycles. The molecule has 1 aliphatic rings. The number of pyridine rings is 1. The Labute approximate surface area is 169 Å². The number of hydrogen-bond donors (Lipinski definition) is 0. The Morgan fingerprint density at radius 3 is 2.59 bits per heavy atom. The zero-order valence-corrected chi connectivity index (χ0v) is 16.9. The third kappa shape index (κ3) is 3.31. The number of hydrogen-bond acceptors (Lipinski definition) is 5. The van der Waals surface area contributed by atoms with Crippen molar-refractivity contribution in [2.75, 3.05) is 7.11 Å². The molecule has 0 unspecified atom stereocenters. The van der Waals surface area contributed by atoms with Gasteiger partial charge < -0.3 is 4.74 Å². The van der Waals surface area contributed by atoms with Crippen molar-refractivity contribution in [1.29, 1.82) is 0 Å². The number of aromatic nitrogens is 6. The highest BCUT2D eigenvalue weighted by molar-refractivity contribution is 5.80. The third-order valence-electron chi connectivity index (χ3n) is 5.50. The van der Waals surface area contributed by atoms with E-state index in [2.05, 4.69) is 35.2 Å². The Morgan fingerprint density at radius 1 is 1.07 bits per heavy atom. The molecule has 0 atom stereocenters. The van der Waals surface area contributed by atoms with Crippen LogP contribution in [0.15, 0.2) is 49.2 Å². The van der Waals surface area contributed by atoms with E-state index in [1.54, 1.807) is 19.5 Å². The minimum Gasteiger partial charge on any atom is -0.377 e. The molecular weight excluding hydrogens is 364 g/mol. The maximum atomic E-state index is 5.55. The standard InChI is InChI=1S/C22H24N6O/c1-22(2,29-3)14-27-13-17(12-25-27)20-19(16-4-5-16)26-21-18(8-11-24-28(20)21)15-6-9-23-10-7-15/h6-13,16H,4-5,14H2,1-3H3. The van der Waals surface area contributed by atoms with E-state index in [-0.39, 0.29) is 5.60 Å². The van der Waals surface area contributed by atoms with Gasteiger partial charge in [-0.3, -0.25) is 9.67 Å². The third-order valence-corrected chi connectivity index (χ3v) is 5.50. The summed E-state index contributed by atoms with van der Waals surface area (Å²) < 4.78 is 9.45. The minimum absolute atomic E-state index is 0.283. The van der Waals surface area contributed by atoms with Gasteiger partial charge in [-0.15, -0.1) is 0 Å². The van der Waals surface area contributed by atoms with Crippen LogP contribution < -0.4 is 0 Å². The molecule has 1 fully saturated rings. The largest absolute Gasteiger partial charge is 0.377 e. The zero-order chi connectivity index (χ0) is 20.0. The summed E-state index contributed by atoms with van der Waals surface area (Å²) in [5.74, 6) is 0.496. The van der Waals surface area contributed by atoms with Gasteiger partial charge >= 0.3 is 0 Å². The van der Waals surface area contributed by atoms with Gasteiger partial charge in [0.2, 0.25) is 0 Å². The normalized spacial score (nSPS) is 14.6. The van der Waals surface area contributed by atoms with Crippen molar-refractivity contribution < 1.29 is 4.74 Å². The lowest BCUT2D eigenvalue weighted by Crippen LogP contribution is -2.29. The number of ether oxygens (including phenoxy) is 1. The molecular formula is C22H24N6O. The predicted molar refractivity (Wildman–Crippen MR) is 111 cm³/mol. The second kappa shape index (κ2) is 6.77. The highest BCUT2D eigenvalue weighted by Crippen LogP contribution is 2.44. The van der Waals surface area contributed by atoms with E-state index in [0.29, 0.717) is 12.5 Å². The summed E-state index contributed by atoms with van der Waals surface area (Å²) >= 11 is 0. The van der Waals surface area contributed by atoms with E-state index in [0.717, 1.165) is 33.7 Å². The van der Waals surface area contributed by atoms with Crippen molar-refractivity contribution in [3.63, 3.8) is 0 Å². The molecule has 0 spiro atoms. The average Bonchev–Trinajstić information content (AvgIpc) is 3.36. The fourth-order valence-electron chi connectivity index (χ4n) is 3.66. The molecule has 1 aliphatic carbocycles. The monoisotopic (exact) mass is 388 g/mol. The molecule has 4 aromatic heterocycles. The van der Waals surface area contributed by atoms with Crippen molar-refractivity contribution in [3.05, 3.63) is 54.9 Å². The fraction of sp³-hybridized carbons (Fsp3) is 0.364. The second-order valence-corrected chi connectivity index (χ2v) is 8.23. The molecule has 148 valence electrons. The van der Waals surface area contributed by atoms with Crippen molar-refractivity contribution in [1.82, 2.24) is 29.4 Å². The van der Waals surface area contributed by atoms with Crippen LogP contribution in [-0.2, 0) is 11.3 Å². The SMILES string of the molecule is COC(C)(C)Cn1cc(-c2c(C3CC3)nc3c(-c4ccncc4)ccnn23)cn1. The molecule has 4 aromatic rings. The first kappa shape index (κ1) is 18.0. The minimum atomic E-state index is -0.283. The number of fused-ring (bicyclic) bond motifs is 1. The van der Waals surface area contributed by atoms with Crippen LogP contribution in [0, 0.1) is 0 Å². The van der Waals surface area contributed by atoms with E-state index >= 15 is 0 Å². The molecule has 0 radical (unpaired) electrons. The molecule has 4 heterocycles. The summed E-state index contributed by atoms with van der Waals surface area (Å²) in [4.78, 5) is 9.18. The molecule has 0 N–H and O–H groups in total. The Hall–Kier alpha value is -3.06. The van der Waals surface area contributed by atoms with Crippen LogP contribution >= 0.6 is 0 Å². The molecule has 7 heteroatoms. The summed E-state index contributed by atoms with van der Waals surface area (Å²) in [5, 5.41) is 9.22. The first-order chi connectivity index (χ1) is 14.1. The van der Waals surface area contributed by atoms with Gasteiger partial charge in [-0.2, -0.15) is 10.2 Å². The second-order valence-electron chi connectivity index (χ2n) is 8.23. The Bertz CT molecular complexity index is 1160. The summed E-state index contributed by atoms with van der Waals surface area (Å²) in [5.41, 5.74) is 5.93. The Balaban J connectivity index is 1.64. The molecule has 0 bridgehead atoms. The van der Waals surface area contributed by atoms with Crippen LogP contribution in [-0.4, -0.2) is 42.1 Å². The highest BCUT2D eigenvalue weighted by atomic mass is 16.5. The molecule has 0 aliphatic heterocycles. The van der Waals surface area contributed by atoms with Crippen LogP contribution in [0.3, 0.4) is 0 Å². The topological polar surface area (TPSA) is 70.1 Å². The lowest BCUT2D eigenvalue weighted by molar-refractivity contribution is 0.00543. The van der Waals surface area contributed by atoms with Gasteiger partial charge in [-0.1, -0.05) is 0 Å². The van der Waals surface area contributed by atoms with E-state index in [1.807, 2.05) is 39.8 Å². The zero-order valence-electron chi connectivity index (χ0n) is 16.9. The lowest BCUT2D eigenvalue weighted by atomic mass is 10.1. The van der Waals surface area contributed by atoms with Gasteiger partial charge in [0.25, 0.3) is 0 Å². The molecule has 0 amide bonds. The number of rotatable bonds is 6. The van der Waals surface area contributed by atoms with Crippen molar-refractivity contribution in [2.45, 2.75) is 44.8 Å². The number of nitrogens with zero attached hydrogens (tertiary/aromatic N) is 6. The first-order valence-electron chi connectivity index (χ1n) is 9.92. The summed E-state index contributed by atoms with van der Waals surface area (Å²) in [6.45, 7) is 4.79. The van der Waals surface area contributed by atoms with Crippen molar-refractivity contribution in [2.24, 2.45) is 0 Å². The maximum Gasteiger partial charge on any atom is 0.162 e. The summed E-state index contributed by atoms with van der Waals surface area (Å²) in [6, 6.07) is 6.03. The molecule has 29 heavy (non-hydrogen) atoms. The van der Waals surface area contributed by atoms with Gasteiger partial charge in [0.05, 0.1) is 29.7 Å². The average molecular weight is 388 g/mol. The Kier molecular flexibility index (Phi) is 4.20. The van der Waals surface area contributed by atoms with E-state index in [9.17, 15) is 0 Å². The van der Waals surface area contributed by atoms with Gasteiger partial charge in [0.1, 0.15) is 0 Å². The van der Waals surface area contributed by atoms with Crippen LogP contribution in [0.4, 0.5) is 0 Å². The van der Waals surface area contributed by atoms with E-state index in [1.165, 1.54) is 12.8 Å². The van der Waals surface area contributed by atoms with Gasteiger partial charge in [-0.25, -0.2) is 9.50 Å². The van der Waals surface area contributed by atoms with Crippen LogP contribution in [0.2, 0.25) is 0 Å². The lowest BCUT2D eigenvalue weighted by Gasteiger charge is -2.22. The molecule has 7 nitrogen and oxygen atoms in total. The highest BCUT2D eigenvalue weighted by Gasteiger charge is 2.32. The van der Waals surface area contributed by atoms with Gasteiger partial charge in [-0.05, 0) is 50.5 Å². The molecule has 5 rings (SSSR count).